The summed E-state index contributed by atoms with van der Waals surface area (Å²) in [6, 6.07) is 3.76. The van der Waals surface area contributed by atoms with Gasteiger partial charge in [0.2, 0.25) is 0 Å². The lowest BCUT2D eigenvalue weighted by Crippen LogP contribution is -2.52. The van der Waals surface area contributed by atoms with Crippen LogP contribution in [0.25, 0.3) is 0 Å². The third-order valence-corrected chi connectivity index (χ3v) is 1.71. The Morgan fingerprint density at radius 2 is 2.42 bits per heavy atom. The van der Waals surface area contributed by atoms with Crippen LogP contribution in [0.1, 0.15) is 12.6 Å². The second-order valence-electron chi connectivity index (χ2n) is 3.02. The van der Waals surface area contributed by atoms with Gasteiger partial charge >= 0.3 is 0 Å². The van der Waals surface area contributed by atoms with Gasteiger partial charge in [-0.2, -0.15) is 0 Å². The van der Waals surface area contributed by atoms with Crippen molar-refractivity contribution in [3.05, 3.63) is 24.0 Å². The molecule has 0 amide bonds. The second-order valence-corrected chi connectivity index (χ2v) is 3.02. The van der Waals surface area contributed by atoms with E-state index in [9.17, 15) is 0 Å². The first-order valence-corrected chi connectivity index (χ1v) is 3.69. The van der Waals surface area contributed by atoms with E-state index in [0.717, 1.165) is 5.69 Å². The van der Waals surface area contributed by atoms with Crippen molar-refractivity contribution < 1.29 is 0 Å². The van der Waals surface area contributed by atoms with Crippen LogP contribution in [0, 0.1) is 0 Å². The zero-order chi connectivity index (χ0) is 8.77. The fourth-order valence-electron chi connectivity index (χ4n) is 1.26. The number of nitrogens with zero attached hydrogens (tertiary/aromatic N) is 2. The zero-order valence-corrected chi connectivity index (χ0v) is 6.78. The minimum absolute atomic E-state index is 0.462. The van der Waals surface area contributed by atoms with E-state index in [4.69, 9.17) is 11.5 Å². The van der Waals surface area contributed by atoms with Crippen molar-refractivity contribution in [1.82, 2.24) is 4.68 Å². The van der Waals surface area contributed by atoms with Crippen LogP contribution >= 0.6 is 0 Å². The predicted octanol–water partition coefficient (Wildman–Crippen LogP) is -0.617. The lowest BCUT2D eigenvalue weighted by molar-refractivity contribution is 0.490. The van der Waals surface area contributed by atoms with E-state index in [1.165, 1.54) is 0 Å². The molecular weight excluding hydrogens is 154 g/mol. The molecule has 12 heavy (non-hydrogen) atoms. The molecule has 0 aromatic carbocycles. The fourth-order valence-corrected chi connectivity index (χ4v) is 1.26. The van der Waals surface area contributed by atoms with E-state index in [-0.39, 0.29) is 0 Å². The Kier molecular flexibility index (Phi) is 1.20. The minimum atomic E-state index is -0.809. The molecule has 1 aromatic rings. The molecule has 1 atom stereocenters. The first kappa shape index (κ1) is 7.17. The van der Waals surface area contributed by atoms with Gasteiger partial charge in [-0.25, -0.2) is 4.99 Å². The van der Waals surface area contributed by atoms with Crippen LogP contribution in [0.3, 0.4) is 0 Å². The maximum atomic E-state index is 5.74. The average Bonchev–Trinajstić information content (AvgIpc) is 2.31. The summed E-state index contributed by atoms with van der Waals surface area (Å²) in [6.45, 7) is 1.75. The summed E-state index contributed by atoms with van der Waals surface area (Å²) in [6.07, 6.45) is 1.85. The van der Waals surface area contributed by atoms with E-state index < -0.39 is 5.79 Å². The molecule has 64 valence electrons. The Balaban J connectivity index is 2.52. The monoisotopic (exact) mass is 165 g/mol. The Bertz CT molecular complexity index is 335. The molecule has 1 aliphatic rings. The number of fused-ring (bicyclic) bond motifs is 1. The Morgan fingerprint density at radius 3 is 3.17 bits per heavy atom. The third kappa shape index (κ3) is 0.947. The summed E-state index contributed by atoms with van der Waals surface area (Å²) in [7, 11) is 0. The van der Waals surface area contributed by atoms with Gasteiger partial charge in [-0.1, -0.05) is 0 Å². The summed E-state index contributed by atoms with van der Waals surface area (Å²) >= 11 is 0. The maximum Gasteiger partial charge on any atom is 0.195 e. The second kappa shape index (κ2) is 2.01. The molecule has 0 saturated carbocycles. The molecule has 0 bridgehead atoms. The van der Waals surface area contributed by atoms with E-state index in [1.807, 2.05) is 18.3 Å². The molecule has 2 heterocycles. The quantitative estimate of drug-likeness (QED) is 0.479. The number of hydrogen-bond acceptors (Lipinski definition) is 4. The Labute approximate surface area is 70.0 Å². The molecule has 1 aromatic heterocycles. The van der Waals surface area contributed by atoms with Gasteiger partial charge in [-0.05, 0) is 19.1 Å². The van der Waals surface area contributed by atoms with Gasteiger partial charge in [0.1, 0.15) is 11.5 Å². The van der Waals surface area contributed by atoms with Crippen LogP contribution in [-0.2, 0) is 0 Å². The zero-order valence-electron chi connectivity index (χ0n) is 6.78. The molecule has 5 N–H and O–H groups in total. The molecule has 1 aliphatic heterocycles. The summed E-state index contributed by atoms with van der Waals surface area (Å²) < 4.78 is 1.77. The summed E-state index contributed by atoms with van der Waals surface area (Å²) in [5, 5.41) is 0. The highest BCUT2D eigenvalue weighted by molar-refractivity contribution is 5.97. The number of rotatable bonds is 0. The van der Waals surface area contributed by atoms with Gasteiger partial charge in [-0.3, -0.25) is 15.8 Å². The SMILES string of the molecule is CC1(N)N=C(N)c2cccn2N1. The number of nitrogens with two attached hydrogens (primary N) is 2. The van der Waals surface area contributed by atoms with Crippen LogP contribution in [0.4, 0.5) is 0 Å². The van der Waals surface area contributed by atoms with E-state index in [0.29, 0.717) is 5.84 Å². The van der Waals surface area contributed by atoms with Crippen molar-refractivity contribution in [2.75, 3.05) is 5.43 Å². The average molecular weight is 165 g/mol. The molecule has 5 heteroatoms. The first-order chi connectivity index (χ1) is 5.58. The van der Waals surface area contributed by atoms with Crippen molar-refractivity contribution in [2.24, 2.45) is 16.5 Å². The van der Waals surface area contributed by atoms with Crippen LogP contribution in [0.15, 0.2) is 23.3 Å². The fraction of sp³-hybridized carbons (Fsp3) is 0.286. The Hall–Kier alpha value is -1.49. The largest absolute Gasteiger partial charge is 0.382 e. The van der Waals surface area contributed by atoms with Gasteiger partial charge in [-0.15, -0.1) is 0 Å². The topological polar surface area (TPSA) is 81.4 Å². The molecule has 0 saturated heterocycles. The summed E-state index contributed by atoms with van der Waals surface area (Å²) in [5.41, 5.74) is 15.2. The highest BCUT2D eigenvalue weighted by atomic mass is 15.5. The normalized spacial score (nSPS) is 27.3. The van der Waals surface area contributed by atoms with E-state index >= 15 is 0 Å². The summed E-state index contributed by atoms with van der Waals surface area (Å²) in [5.74, 6) is -0.348. The lowest BCUT2D eigenvalue weighted by Gasteiger charge is -2.29. The highest BCUT2D eigenvalue weighted by Gasteiger charge is 2.23. The van der Waals surface area contributed by atoms with Gasteiger partial charge < -0.3 is 5.73 Å². The molecule has 0 radical (unpaired) electrons. The first-order valence-electron chi connectivity index (χ1n) is 3.69. The van der Waals surface area contributed by atoms with Crippen molar-refractivity contribution in [3.8, 4) is 0 Å². The molecule has 0 spiro atoms. The number of aromatic nitrogens is 1. The standard InChI is InChI=1S/C7H11N5/c1-7(9)10-6(8)5-3-2-4-12(5)11-7/h2-4,11H,9H2,1H3,(H2,8,10). The van der Waals surface area contributed by atoms with Gasteiger partial charge in [0.15, 0.2) is 5.79 Å². The van der Waals surface area contributed by atoms with Crippen molar-refractivity contribution in [1.29, 1.82) is 0 Å². The number of amidine groups is 1. The van der Waals surface area contributed by atoms with Crippen LogP contribution in [0.5, 0.6) is 0 Å². The number of nitrogens with one attached hydrogen (secondary N) is 1. The number of aliphatic imine (C=N–C) groups is 1. The number of hydrogen-bond donors (Lipinski definition) is 3. The van der Waals surface area contributed by atoms with Crippen LogP contribution in [-0.4, -0.2) is 16.3 Å². The molecule has 1 unspecified atom stereocenters. The molecule has 0 aliphatic carbocycles. The predicted molar refractivity (Wildman–Crippen MR) is 47.1 cm³/mol. The maximum absolute atomic E-state index is 5.74. The minimum Gasteiger partial charge on any atom is -0.382 e. The molecule has 2 rings (SSSR count). The molecule has 0 fully saturated rings. The molecule has 5 nitrogen and oxygen atoms in total. The smallest absolute Gasteiger partial charge is 0.195 e. The Morgan fingerprint density at radius 1 is 1.67 bits per heavy atom. The van der Waals surface area contributed by atoms with Gasteiger partial charge in [0.25, 0.3) is 0 Å². The van der Waals surface area contributed by atoms with Crippen molar-refractivity contribution >= 4 is 5.84 Å². The van der Waals surface area contributed by atoms with E-state index in [2.05, 4.69) is 10.4 Å². The van der Waals surface area contributed by atoms with Crippen molar-refractivity contribution in [3.63, 3.8) is 0 Å². The molecular formula is C7H11N5. The van der Waals surface area contributed by atoms with Crippen molar-refractivity contribution in [2.45, 2.75) is 12.7 Å². The van der Waals surface area contributed by atoms with Crippen LogP contribution in [0.2, 0.25) is 0 Å². The van der Waals surface area contributed by atoms with Gasteiger partial charge in [0, 0.05) is 6.20 Å². The van der Waals surface area contributed by atoms with Crippen LogP contribution < -0.4 is 16.9 Å². The third-order valence-electron chi connectivity index (χ3n) is 1.71. The van der Waals surface area contributed by atoms with E-state index in [1.54, 1.807) is 11.6 Å². The van der Waals surface area contributed by atoms with Gasteiger partial charge in [0.05, 0.1) is 0 Å². The lowest BCUT2D eigenvalue weighted by atomic mass is 10.3. The summed E-state index contributed by atoms with van der Waals surface area (Å²) in [4.78, 5) is 4.07. The highest BCUT2D eigenvalue weighted by Crippen LogP contribution is 2.11.